The fraction of sp³-hybridized carbons (Fsp3) is 0.467. The Hall–Kier alpha value is -1.84. The van der Waals surface area contributed by atoms with E-state index in [1.54, 1.807) is 17.9 Å². The van der Waals surface area contributed by atoms with Crippen LogP contribution in [0.5, 0.6) is 0 Å². The zero-order valence-corrected chi connectivity index (χ0v) is 12.6. The van der Waals surface area contributed by atoms with Crippen molar-refractivity contribution in [1.29, 1.82) is 0 Å². The van der Waals surface area contributed by atoms with Gasteiger partial charge in [-0.2, -0.15) is 0 Å². The molecule has 2 heterocycles. The third-order valence-corrected chi connectivity index (χ3v) is 4.04. The van der Waals surface area contributed by atoms with Gasteiger partial charge in [-0.05, 0) is 0 Å². The predicted molar refractivity (Wildman–Crippen MR) is 77.9 cm³/mol. The fourth-order valence-corrected chi connectivity index (χ4v) is 2.73. The monoisotopic (exact) mass is 322 g/mol. The summed E-state index contributed by atoms with van der Waals surface area (Å²) in [4.78, 5) is 0. The number of benzene rings is 1. The Bertz CT molecular complexity index is 660. The first-order chi connectivity index (χ1) is 11.0. The summed E-state index contributed by atoms with van der Waals surface area (Å²) in [6.45, 7) is -0.472. The lowest BCUT2D eigenvalue weighted by molar-refractivity contribution is -0.825. The van der Waals surface area contributed by atoms with Crippen LogP contribution in [0.1, 0.15) is 6.23 Å². The van der Waals surface area contributed by atoms with Gasteiger partial charge in [0.25, 0.3) is 6.23 Å². The minimum atomic E-state index is -1.43. The first kappa shape index (κ1) is 16.0. The lowest BCUT2D eigenvalue weighted by Gasteiger charge is -2.37. The van der Waals surface area contributed by atoms with Gasteiger partial charge in [-0.15, -0.1) is 9.36 Å². The van der Waals surface area contributed by atoms with Gasteiger partial charge in [0.1, 0.15) is 25.4 Å². The van der Waals surface area contributed by atoms with E-state index in [4.69, 9.17) is 4.74 Å². The van der Waals surface area contributed by atoms with E-state index in [-0.39, 0.29) is 0 Å². The molecule has 0 spiro atoms. The molecule has 23 heavy (non-hydrogen) atoms. The molecule has 2 aromatic rings. The van der Waals surface area contributed by atoms with Crippen LogP contribution in [0.25, 0.3) is 11.3 Å². The second-order valence-corrected chi connectivity index (χ2v) is 5.59. The molecular formula is C15H20N3O5+. The average Bonchev–Trinajstić information content (AvgIpc) is 2.95. The smallest absolute Gasteiger partial charge is 0.253 e. The fourth-order valence-electron chi connectivity index (χ4n) is 2.73. The molecule has 1 saturated heterocycles. The zero-order chi connectivity index (χ0) is 16.6. The average molecular weight is 322 g/mol. The maximum atomic E-state index is 10.2. The standard InChI is InChI=1S/C15H20N3O5/c1-17-10(9-5-3-2-4-6-9)7-18(16-17)15-14(22)13(21)12(20)11(8-19)23-15/h2-7,11-15,19-22H,8H2,1H3/q+1/t11-,12-,13+,14-,15-/m1/s1. The SMILES string of the molecule is Cn1n[n+]([C@@H]2O[C@H](CO)[C@@H](O)[C@H](O)[C@H]2O)cc1-c1ccccc1. The van der Waals surface area contributed by atoms with Crippen molar-refractivity contribution in [1.82, 2.24) is 9.90 Å². The van der Waals surface area contributed by atoms with Crippen LogP contribution in [0.15, 0.2) is 36.5 Å². The van der Waals surface area contributed by atoms with Crippen LogP contribution < -0.4 is 4.68 Å². The molecule has 1 aromatic heterocycles. The molecule has 1 aromatic carbocycles. The van der Waals surface area contributed by atoms with Crippen LogP contribution in [-0.4, -0.2) is 61.3 Å². The third kappa shape index (κ3) is 2.87. The summed E-state index contributed by atoms with van der Waals surface area (Å²) >= 11 is 0. The van der Waals surface area contributed by atoms with Crippen molar-refractivity contribution in [2.75, 3.05) is 6.61 Å². The molecule has 1 aliphatic rings. The molecule has 0 aliphatic carbocycles. The summed E-state index contributed by atoms with van der Waals surface area (Å²) in [5.74, 6) is 0. The molecule has 3 rings (SSSR count). The van der Waals surface area contributed by atoms with Gasteiger partial charge in [0.2, 0.25) is 0 Å². The van der Waals surface area contributed by atoms with E-state index in [9.17, 15) is 20.4 Å². The Morgan fingerprint density at radius 1 is 1.13 bits per heavy atom. The highest BCUT2D eigenvalue weighted by Crippen LogP contribution is 2.25. The van der Waals surface area contributed by atoms with Crippen LogP contribution in [-0.2, 0) is 11.8 Å². The van der Waals surface area contributed by atoms with Crippen LogP contribution in [0.3, 0.4) is 0 Å². The van der Waals surface area contributed by atoms with Crippen LogP contribution in [0, 0.1) is 0 Å². The molecule has 4 N–H and O–H groups in total. The summed E-state index contributed by atoms with van der Waals surface area (Å²) in [6.07, 6.45) is -4.47. The van der Waals surface area contributed by atoms with Crippen molar-refractivity contribution in [2.24, 2.45) is 7.05 Å². The number of aliphatic hydroxyl groups is 4. The van der Waals surface area contributed by atoms with Crippen molar-refractivity contribution < 1.29 is 29.8 Å². The van der Waals surface area contributed by atoms with Gasteiger partial charge >= 0.3 is 0 Å². The highest BCUT2D eigenvalue weighted by molar-refractivity contribution is 5.57. The third-order valence-electron chi connectivity index (χ3n) is 4.04. The van der Waals surface area contributed by atoms with Gasteiger partial charge < -0.3 is 25.2 Å². The van der Waals surface area contributed by atoms with Gasteiger partial charge in [-0.3, -0.25) is 0 Å². The second-order valence-electron chi connectivity index (χ2n) is 5.59. The van der Waals surface area contributed by atoms with Crippen LogP contribution >= 0.6 is 0 Å². The summed E-state index contributed by atoms with van der Waals surface area (Å²) in [5.41, 5.74) is 1.73. The van der Waals surface area contributed by atoms with Gasteiger partial charge in [0, 0.05) is 5.56 Å². The van der Waals surface area contributed by atoms with Gasteiger partial charge in [0.15, 0.2) is 18.0 Å². The van der Waals surface area contributed by atoms with E-state index in [0.29, 0.717) is 0 Å². The van der Waals surface area contributed by atoms with Gasteiger partial charge in [-0.25, -0.2) is 0 Å². The summed E-state index contributed by atoms with van der Waals surface area (Å²) in [7, 11) is 1.75. The Morgan fingerprint density at radius 2 is 1.83 bits per heavy atom. The Labute approximate surface area is 132 Å². The molecule has 0 radical (unpaired) electrons. The molecule has 0 saturated carbocycles. The van der Waals surface area contributed by atoms with E-state index < -0.39 is 37.3 Å². The van der Waals surface area contributed by atoms with E-state index >= 15 is 0 Å². The molecule has 0 unspecified atom stereocenters. The molecule has 8 heteroatoms. The lowest BCUT2D eigenvalue weighted by Crippen LogP contribution is -2.63. The molecule has 0 bridgehead atoms. The Morgan fingerprint density at radius 3 is 2.48 bits per heavy atom. The number of ether oxygens (including phenoxy) is 1. The minimum absolute atomic E-state index is 0.472. The predicted octanol–water partition coefficient (Wildman–Crippen LogP) is -1.65. The number of nitrogens with zero attached hydrogens (tertiary/aromatic N) is 3. The van der Waals surface area contributed by atoms with Crippen molar-refractivity contribution in [3.8, 4) is 11.3 Å². The van der Waals surface area contributed by atoms with E-state index in [0.717, 1.165) is 11.3 Å². The topological polar surface area (TPSA) is 112 Å². The number of hydrogen-bond donors (Lipinski definition) is 4. The molecule has 0 amide bonds. The largest absolute Gasteiger partial charge is 0.394 e. The molecule has 5 atom stereocenters. The molecule has 124 valence electrons. The number of aromatic nitrogens is 3. The zero-order valence-electron chi connectivity index (χ0n) is 12.6. The Balaban J connectivity index is 1.93. The molecule has 1 fully saturated rings. The summed E-state index contributed by atoms with van der Waals surface area (Å²) in [5, 5.41) is 43.4. The van der Waals surface area contributed by atoms with Gasteiger partial charge in [0.05, 0.1) is 11.8 Å². The van der Waals surface area contributed by atoms with Crippen molar-refractivity contribution in [3.05, 3.63) is 36.5 Å². The first-order valence-electron chi connectivity index (χ1n) is 7.34. The van der Waals surface area contributed by atoms with Crippen molar-refractivity contribution in [2.45, 2.75) is 30.6 Å². The number of hydrogen-bond acceptors (Lipinski definition) is 6. The molecular weight excluding hydrogens is 302 g/mol. The second kappa shape index (κ2) is 6.34. The summed E-state index contributed by atoms with van der Waals surface area (Å²) < 4.78 is 8.50. The quantitative estimate of drug-likeness (QED) is 0.504. The first-order valence-corrected chi connectivity index (χ1v) is 7.34. The minimum Gasteiger partial charge on any atom is -0.394 e. The number of rotatable bonds is 3. The maximum Gasteiger partial charge on any atom is 0.253 e. The highest BCUT2D eigenvalue weighted by Gasteiger charge is 2.47. The van der Waals surface area contributed by atoms with E-state index in [1.807, 2.05) is 30.3 Å². The van der Waals surface area contributed by atoms with Crippen molar-refractivity contribution in [3.63, 3.8) is 0 Å². The van der Waals surface area contributed by atoms with E-state index in [1.165, 1.54) is 4.68 Å². The number of aliphatic hydroxyl groups excluding tert-OH is 4. The molecule has 8 nitrogen and oxygen atoms in total. The van der Waals surface area contributed by atoms with E-state index in [2.05, 4.69) is 5.21 Å². The maximum absolute atomic E-state index is 10.2. The number of aryl methyl sites for hydroxylation is 1. The molecule has 1 aliphatic heterocycles. The normalized spacial score (nSPS) is 31.3. The van der Waals surface area contributed by atoms with Gasteiger partial charge in [-0.1, -0.05) is 30.3 Å². The highest BCUT2D eigenvalue weighted by atomic mass is 16.6. The lowest BCUT2D eigenvalue weighted by atomic mass is 9.98. The summed E-state index contributed by atoms with van der Waals surface area (Å²) in [6, 6.07) is 9.57. The Kier molecular flexibility index (Phi) is 4.42. The van der Waals surface area contributed by atoms with Crippen molar-refractivity contribution >= 4 is 0 Å². The van der Waals surface area contributed by atoms with Crippen LogP contribution in [0.2, 0.25) is 0 Å². The van der Waals surface area contributed by atoms with Crippen LogP contribution in [0.4, 0.5) is 0 Å².